The van der Waals surface area contributed by atoms with Gasteiger partial charge >= 0.3 is 0 Å². The third-order valence-corrected chi connectivity index (χ3v) is 5.53. The Morgan fingerprint density at radius 3 is 2.77 bits per heavy atom. The van der Waals surface area contributed by atoms with E-state index in [0.29, 0.717) is 31.0 Å². The van der Waals surface area contributed by atoms with Crippen molar-refractivity contribution in [3.8, 4) is 11.3 Å². The van der Waals surface area contributed by atoms with E-state index in [2.05, 4.69) is 24.3 Å². The molecule has 3 aromatic rings. The van der Waals surface area contributed by atoms with Crippen LogP contribution in [-0.2, 0) is 16.0 Å². The Balaban J connectivity index is 1.37. The number of carbonyl (C=O) groups is 1. The first-order valence-corrected chi connectivity index (χ1v) is 10.6. The maximum Gasteiger partial charge on any atom is 0.225 e. The monoisotopic (exact) mass is 425 g/mol. The minimum Gasteiger partial charge on any atom is -0.461 e. The fourth-order valence-electron chi connectivity index (χ4n) is 4.02. The van der Waals surface area contributed by atoms with Crippen molar-refractivity contribution in [2.24, 2.45) is 0 Å². The van der Waals surface area contributed by atoms with Crippen molar-refractivity contribution in [1.82, 2.24) is 9.78 Å². The van der Waals surface area contributed by atoms with E-state index in [4.69, 9.17) is 9.15 Å². The number of carbonyl (C=O) groups excluding carboxylic acids is 1. The molecule has 1 N–H and O–H groups in total. The van der Waals surface area contributed by atoms with Gasteiger partial charge in [-0.3, -0.25) is 4.79 Å². The zero-order valence-corrected chi connectivity index (χ0v) is 18.2. The number of nitrogens with one attached hydrogen (secondary N) is 1. The number of halogens is 1. The van der Waals surface area contributed by atoms with Crippen LogP contribution in [0, 0.1) is 12.7 Å². The van der Waals surface area contributed by atoms with E-state index in [1.54, 1.807) is 12.1 Å². The molecule has 4 rings (SSSR count). The molecule has 1 atom stereocenters. The first-order valence-electron chi connectivity index (χ1n) is 10.6. The maximum atomic E-state index is 13.1. The van der Waals surface area contributed by atoms with Crippen LogP contribution >= 0.6 is 0 Å². The molecule has 1 aliphatic rings. The van der Waals surface area contributed by atoms with Crippen LogP contribution in [-0.4, -0.2) is 27.9 Å². The molecule has 1 fully saturated rings. The number of furan rings is 1. The molecular weight excluding hydrogens is 397 g/mol. The molecule has 2 aromatic heterocycles. The normalized spacial score (nSPS) is 18.1. The van der Waals surface area contributed by atoms with Crippen LogP contribution in [0.1, 0.15) is 50.6 Å². The Kier molecular flexibility index (Phi) is 5.96. The molecule has 1 saturated heterocycles. The summed E-state index contributed by atoms with van der Waals surface area (Å²) in [4.78, 5) is 12.6. The molecular formula is C24H28FN3O3. The fraction of sp³-hybridized carbons (Fsp3) is 0.417. The molecule has 164 valence electrons. The Morgan fingerprint density at radius 1 is 1.26 bits per heavy atom. The van der Waals surface area contributed by atoms with Crippen molar-refractivity contribution in [1.29, 1.82) is 0 Å². The molecule has 1 aromatic carbocycles. The Bertz CT molecular complexity index is 1050. The smallest absolute Gasteiger partial charge is 0.225 e. The second-order valence-electron chi connectivity index (χ2n) is 8.69. The highest BCUT2D eigenvalue weighted by Crippen LogP contribution is 2.33. The molecule has 0 saturated carbocycles. The largest absolute Gasteiger partial charge is 0.461 e. The van der Waals surface area contributed by atoms with E-state index >= 15 is 0 Å². The van der Waals surface area contributed by atoms with Gasteiger partial charge in [0.15, 0.2) is 0 Å². The van der Waals surface area contributed by atoms with Gasteiger partial charge in [-0.25, -0.2) is 9.07 Å². The van der Waals surface area contributed by atoms with Crippen molar-refractivity contribution in [2.45, 2.75) is 58.1 Å². The summed E-state index contributed by atoms with van der Waals surface area (Å²) >= 11 is 0. The standard InChI is InChI=1S/C24H28FN3O3/c1-16-14-22(28(27-16)19-12-13-30-24(2,3)15-19)26-23(29)11-9-20-8-10-21(31-20)17-4-6-18(25)7-5-17/h4-8,10,14,19H,9,11-13,15H2,1-3H3,(H,26,29). The van der Waals surface area contributed by atoms with E-state index in [1.807, 2.05) is 29.8 Å². The van der Waals surface area contributed by atoms with Gasteiger partial charge in [-0.2, -0.15) is 5.10 Å². The van der Waals surface area contributed by atoms with Crippen molar-refractivity contribution in [3.05, 3.63) is 59.7 Å². The van der Waals surface area contributed by atoms with Crippen LogP contribution in [0.3, 0.4) is 0 Å². The molecule has 7 heteroatoms. The quantitative estimate of drug-likeness (QED) is 0.582. The summed E-state index contributed by atoms with van der Waals surface area (Å²) in [7, 11) is 0. The zero-order valence-electron chi connectivity index (χ0n) is 18.2. The Labute approximate surface area is 181 Å². The number of hydrogen-bond acceptors (Lipinski definition) is 4. The molecule has 0 spiro atoms. The van der Waals surface area contributed by atoms with Gasteiger partial charge in [0.1, 0.15) is 23.2 Å². The molecule has 3 heterocycles. The van der Waals surface area contributed by atoms with E-state index in [-0.39, 0.29) is 23.4 Å². The Hall–Kier alpha value is -2.93. The molecule has 1 aliphatic heterocycles. The third kappa shape index (κ3) is 5.22. The minimum atomic E-state index is -0.286. The summed E-state index contributed by atoms with van der Waals surface area (Å²) in [6.07, 6.45) is 2.48. The summed E-state index contributed by atoms with van der Waals surface area (Å²) in [5.74, 6) is 1.71. The molecule has 1 amide bonds. The molecule has 1 unspecified atom stereocenters. The summed E-state index contributed by atoms with van der Waals surface area (Å²) in [5, 5.41) is 7.62. The van der Waals surface area contributed by atoms with Crippen molar-refractivity contribution in [3.63, 3.8) is 0 Å². The topological polar surface area (TPSA) is 69.3 Å². The SMILES string of the molecule is Cc1cc(NC(=O)CCc2ccc(-c3ccc(F)cc3)o2)n(C2CCOC(C)(C)C2)n1. The number of anilines is 1. The van der Waals surface area contributed by atoms with Crippen LogP contribution in [0.5, 0.6) is 0 Å². The number of hydrogen-bond donors (Lipinski definition) is 1. The van der Waals surface area contributed by atoms with Crippen LogP contribution in [0.15, 0.2) is 46.9 Å². The minimum absolute atomic E-state index is 0.0906. The summed E-state index contributed by atoms with van der Waals surface area (Å²) in [6, 6.07) is 11.9. The van der Waals surface area contributed by atoms with E-state index < -0.39 is 0 Å². The van der Waals surface area contributed by atoms with Gasteiger partial charge in [0.05, 0.1) is 17.3 Å². The number of aryl methyl sites for hydroxylation is 2. The lowest BCUT2D eigenvalue weighted by atomic mass is 9.94. The number of benzene rings is 1. The third-order valence-electron chi connectivity index (χ3n) is 5.53. The van der Waals surface area contributed by atoms with Gasteiger partial charge in [-0.1, -0.05) is 0 Å². The highest BCUT2D eigenvalue weighted by Gasteiger charge is 2.31. The second kappa shape index (κ2) is 8.67. The van der Waals surface area contributed by atoms with Crippen LogP contribution in [0.2, 0.25) is 0 Å². The predicted octanol–water partition coefficient (Wildman–Crippen LogP) is 5.29. The average molecular weight is 426 g/mol. The van der Waals surface area contributed by atoms with Gasteiger partial charge in [0.25, 0.3) is 0 Å². The van der Waals surface area contributed by atoms with Crippen LogP contribution in [0.4, 0.5) is 10.2 Å². The lowest BCUT2D eigenvalue weighted by Gasteiger charge is -2.36. The molecule has 31 heavy (non-hydrogen) atoms. The number of ether oxygens (including phenoxy) is 1. The van der Waals surface area contributed by atoms with E-state index in [9.17, 15) is 9.18 Å². The highest BCUT2D eigenvalue weighted by atomic mass is 19.1. The zero-order chi connectivity index (χ0) is 22.0. The number of aromatic nitrogens is 2. The molecule has 0 radical (unpaired) electrons. The van der Waals surface area contributed by atoms with Gasteiger partial charge in [0.2, 0.25) is 5.91 Å². The number of rotatable bonds is 6. The van der Waals surface area contributed by atoms with Crippen LogP contribution in [0.25, 0.3) is 11.3 Å². The van der Waals surface area contributed by atoms with Crippen LogP contribution < -0.4 is 5.32 Å². The lowest BCUT2D eigenvalue weighted by Crippen LogP contribution is -2.36. The number of nitrogens with zero attached hydrogens (tertiary/aromatic N) is 2. The summed E-state index contributed by atoms with van der Waals surface area (Å²) < 4.78 is 26.7. The summed E-state index contributed by atoms with van der Waals surface area (Å²) in [6.45, 7) is 6.77. The highest BCUT2D eigenvalue weighted by molar-refractivity contribution is 5.90. The first-order chi connectivity index (χ1) is 14.8. The van der Waals surface area contributed by atoms with E-state index in [0.717, 1.165) is 29.9 Å². The number of amides is 1. The maximum absolute atomic E-state index is 13.1. The van der Waals surface area contributed by atoms with Crippen molar-refractivity contribution >= 4 is 11.7 Å². The summed E-state index contributed by atoms with van der Waals surface area (Å²) in [5.41, 5.74) is 1.47. The molecule has 6 nitrogen and oxygen atoms in total. The average Bonchev–Trinajstić information content (AvgIpc) is 3.33. The Morgan fingerprint density at radius 2 is 2.03 bits per heavy atom. The van der Waals surface area contributed by atoms with Gasteiger partial charge in [0, 0.05) is 31.1 Å². The van der Waals surface area contributed by atoms with Gasteiger partial charge < -0.3 is 14.5 Å². The molecule has 0 bridgehead atoms. The van der Waals surface area contributed by atoms with Crippen molar-refractivity contribution < 1.29 is 18.3 Å². The second-order valence-corrected chi connectivity index (χ2v) is 8.69. The molecule has 0 aliphatic carbocycles. The van der Waals surface area contributed by atoms with Crippen molar-refractivity contribution in [2.75, 3.05) is 11.9 Å². The fourth-order valence-corrected chi connectivity index (χ4v) is 4.02. The van der Waals surface area contributed by atoms with Gasteiger partial charge in [-0.15, -0.1) is 0 Å². The predicted molar refractivity (Wildman–Crippen MR) is 116 cm³/mol. The van der Waals surface area contributed by atoms with Gasteiger partial charge in [-0.05, 0) is 70.0 Å². The van der Waals surface area contributed by atoms with E-state index in [1.165, 1.54) is 12.1 Å². The first kappa shape index (κ1) is 21.3. The lowest BCUT2D eigenvalue weighted by molar-refractivity contribution is -0.116.